The summed E-state index contributed by atoms with van der Waals surface area (Å²) < 4.78 is 0. The van der Waals surface area contributed by atoms with E-state index in [0.717, 1.165) is 0 Å². The molecule has 0 unspecified atom stereocenters. The molecule has 2 heteroatoms. The first kappa shape index (κ1) is 14.0. The monoisotopic (exact) mass is 222 g/mol. The Kier molecular flexibility index (Phi) is 10.9. The van der Waals surface area contributed by atoms with Crippen LogP contribution >= 0.6 is 0 Å². The van der Waals surface area contributed by atoms with E-state index in [-0.39, 0.29) is 40.0 Å². The molecule has 56 valence electrons. The predicted molar refractivity (Wildman–Crippen MR) is 45.0 cm³/mol. The Labute approximate surface area is 95.3 Å². The second-order valence-corrected chi connectivity index (χ2v) is 2.16. The average Bonchev–Trinajstić information content (AvgIpc) is 1.91. The van der Waals surface area contributed by atoms with Gasteiger partial charge in [0.25, 0.3) is 0 Å². The van der Waals surface area contributed by atoms with E-state index < -0.39 is 0 Å². The molecule has 0 heterocycles. The smallest absolute Gasteiger partial charge is 1.00 e. The van der Waals surface area contributed by atoms with E-state index >= 15 is 0 Å². The van der Waals surface area contributed by atoms with Gasteiger partial charge in [-0.25, -0.2) is 0 Å². The van der Waals surface area contributed by atoms with Gasteiger partial charge in [-0.15, -0.1) is 0 Å². The Morgan fingerprint density at radius 1 is 1.45 bits per heavy atom. The molecule has 11 heavy (non-hydrogen) atoms. The van der Waals surface area contributed by atoms with Crippen LogP contribution in [0.3, 0.4) is 0 Å². The number of aryl methyl sites for hydroxylation is 1. The van der Waals surface area contributed by atoms with Crippen molar-refractivity contribution in [1.82, 2.24) is 0 Å². The molecular formula is C9H11BrMg. The standard InChI is InChI=1S/C9H11.BrH.Mg/c1-2-6-9-7-4-3-5-8-9;;/h3-4,7-8H,2,6H2,1H3;1H;/q-1;;+2/p-1. The van der Waals surface area contributed by atoms with Crippen molar-refractivity contribution in [3.8, 4) is 0 Å². The van der Waals surface area contributed by atoms with Gasteiger partial charge in [0, 0.05) is 0 Å². The van der Waals surface area contributed by atoms with Gasteiger partial charge >= 0.3 is 23.1 Å². The SMILES string of the molecule is CCCc1c[c-]ccc1.[Br-].[Mg+2]. The van der Waals surface area contributed by atoms with Crippen LogP contribution in [0.4, 0.5) is 0 Å². The van der Waals surface area contributed by atoms with Crippen LogP contribution in [0.15, 0.2) is 24.3 Å². The normalized spacial score (nSPS) is 7.73. The maximum absolute atomic E-state index is 3.05. The summed E-state index contributed by atoms with van der Waals surface area (Å²) in [5.74, 6) is 0. The molecule has 0 N–H and O–H groups in total. The van der Waals surface area contributed by atoms with E-state index in [4.69, 9.17) is 0 Å². The summed E-state index contributed by atoms with van der Waals surface area (Å²) in [5, 5.41) is 0. The van der Waals surface area contributed by atoms with E-state index in [2.05, 4.69) is 19.1 Å². The fraction of sp³-hybridized carbons (Fsp3) is 0.333. The molecule has 1 rings (SSSR count). The van der Waals surface area contributed by atoms with Gasteiger partial charge in [0.1, 0.15) is 0 Å². The minimum atomic E-state index is 0. The molecule has 0 aliphatic rings. The van der Waals surface area contributed by atoms with Crippen molar-refractivity contribution >= 4 is 23.1 Å². The summed E-state index contributed by atoms with van der Waals surface area (Å²) in [7, 11) is 0. The van der Waals surface area contributed by atoms with Crippen molar-refractivity contribution in [2.75, 3.05) is 0 Å². The molecular weight excluding hydrogens is 212 g/mol. The van der Waals surface area contributed by atoms with Crippen molar-refractivity contribution in [3.63, 3.8) is 0 Å². The molecule has 0 aliphatic heterocycles. The molecule has 1 aromatic rings. The fourth-order valence-corrected chi connectivity index (χ4v) is 0.875. The first-order chi connectivity index (χ1) is 4.43. The summed E-state index contributed by atoms with van der Waals surface area (Å²) in [4.78, 5) is 0. The van der Waals surface area contributed by atoms with Crippen LogP contribution in [-0.2, 0) is 6.42 Å². The fourth-order valence-electron chi connectivity index (χ4n) is 0.875. The summed E-state index contributed by atoms with van der Waals surface area (Å²) in [5.41, 5.74) is 1.39. The zero-order chi connectivity index (χ0) is 6.53. The third-order valence-corrected chi connectivity index (χ3v) is 1.31. The zero-order valence-corrected chi connectivity index (χ0v) is 9.81. The van der Waals surface area contributed by atoms with E-state index in [1.54, 1.807) is 0 Å². The van der Waals surface area contributed by atoms with Crippen molar-refractivity contribution in [2.24, 2.45) is 0 Å². The molecule has 0 aromatic heterocycles. The van der Waals surface area contributed by atoms with Crippen LogP contribution in [0.5, 0.6) is 0 Å². The largest absolute Gasteiger partial charge is 2.00 e. The van der Waals surface area contributed by atoms with Gasteiger partial charge in [-0.05, 0) is 0 Å². The molecule has 0 aliphatic carbocycles. The summed E-state index contributed by atoms with van der Waals surface area (Å²) in [6.07, 6.45) is 2.40. The van der Waals surface area contributed by atoms with Gasteiger partial charge in [-0.2, -0.15) is 35.9 Å². The van der Waals surface area contributed by atoms with Gasteiger partial charge in [-0.3, -0.25) is 0 Å². The Bertz CT molecular complexity index is 162. The molecule has 1 aromatic carbocycles. The Morgan fingerprint density at radius 2 is 2.18 bits per heavy atom. The van der Waals surface area contributed by atoms with Gasteiger partial charge in [0.2, 0.25) is 0 Å². The first-order valence-corrected chi connectivity index (χ1v) is 3.38. The predicted octanol–water partition coefficient (Wildman–Crippen LogP) is -0.938. The number of hydrogen-bond donors (Lipinski definition) is 0. The van der Waals surface area contributed by atoms with E-state index in [1.807, 2.05) is 18.2 Å². The number of rotatable bonds is 2. The quantitative estimate of drug-likeness (QED) is 0.449. The van der Waals surface area contributed by atoms with Crippen LogP contribution in [0.25, 0.3) is 0 Å². The van der Waals surface area contributed by atoms with Gasteiger partial charge < -0.3 is 17.0 Å². The Balaban J connectivity index is 0. The van der Waals surface area contributed by atoms with Gasteiger partial charge in [0.05, 0.1) is 0 Å². The maximum atomic E-state index is 3.05. The number of benzene rings is 1. The van der Waals surface area contributed by atoms with Crippen molar-refractivity contribution in [1.29, 1.82) is 0 Å². The summed E-state index contributed by atoms with van der Waals surface area (Å²) in [6, 6.07) is 11.2. The van der Waals surface area contributed by atoms with Crippen LogP contribution in [0, 0.1) is 6.07 Å². The molecule has 0 spiro atoms. The van der Waals surface area contributed by atoms with Gasteiger partial charge in [-0.1, -0.05) is 19.8 Å². The van der Waals surface area contributed by atoms with Crippen molar-refractivity contribution in [2.45, 2.75) is 19.8 Å². The van der Waals surface area contributed by atoms with Crippen molar-refractivity contribution < 1.29 is 17.0 Å². The Morgan fingerprint density at radius 3 is 2.64 bits per heavy atom. The van der Waals surface area contributed by atoms with Crippen molar-refractivity contribution in [3.05, 3.63) is 35.9 Å². The molecule has 0 saturated heterocycles. The molecule has 0 fully saturated rings. The molecule has 0 bridgehead atoms. The van der Waals surface area contributed by atoms with E-state index in [1.165, 1.54) is 18.4 Å². The van der Waals surface area contributed by atoms with E-state index in [0.29, 0.717) is 0 Å². The number of hydrogen-bond acceptors (Lipinski definition) is 0. The topological polar surface area (TPSA) is 0 Å². The minimum Gasteiger partial charge on any atom is -1.00 e. The molecule has 0 atom stereocenters. The molecule has 0 nitrogen and oxygen atoms in total. The van der Waals surface area contributed by atoms with Gasteiger partial charge in [0.15, 0.2) is 0 Å². The molecule has 0 radical (unpaired) electrons. The Hall–Kier alpha value is 0.466. The van der Waals surface area contributed by atoms with E-state index in [9.17, 15) is 0 Å². The second kappa shape index (κ2) is 8.56. The number of halogens is 1. The average molecular weight is 223 g/mol. The second-order valence-electron chi connectivity index (χ2n) is 2.16. The van der Waals surface area contributed by atoms with Crippen LogP contribution < -0.4 is 17.0 Å². The summed E-state index contributed by atoms with van der Waals surface area (Å²) >= 11 is 0. The van der Waals surface area contributed by atoms with Crippen LogP contribution in [0.2, 0.25) is 0 Å². The van der Waals surface area contributed by atoms with Crippen LogP contribution in [0.1, 0.15) is 18.9 Å². The third-order valence-electron chi connectivity index (χ3n) is 1.31. The molecule has 0 amide bonds. The third kappa shape index (κ3) is 5.71. The maximum Gasteiger partial charge on any atom is 2.00 e. The first-order valence-electron chi connectivity index (χ1n) is 3.38. The zero-order valence-electron chi connectivity index (χ0n) is 6.81. The molecule has 0 saturated carbocycles. The van der Waals surface area contributed by atoms with Crippen LogP contribution in [-0.4, -0.2) is 23.1 Å². The summed E-state index contributed by atoms with van der Waals surface area (Å²) in [6.45, 7) is 2.19. The minimum absolute atomic E-state index is 0.